The molecule has 0 spiro atoms. The maximum absolute atomic E-state index is 14.6. The summed E-state index contributed by atoms with van der Waals surface area (Å²) < 4.78 is 58.2. The molecule has 1 unspecified atom stereocenters. The van der Waals surface area contributed by atoms with Gasteiger partial charge in [0.2, 0.25) is 5.91 Å². The van der Waals surface area contributed by atoms with Crippen LogP contribution in [0.15, 0.2) is 55.0 Å². The second kappa shape index (κ2) is 13.0. The first-order valence-electron chi connectivity index (χ1n) is 12.3. The average molecular weight is 576 g/mol. The molecule has 2 N–H and O–H groups in total. The van der Waals surface area contributed by atoms with Crippen LogP contribution in [0.4, 0.5) is 23.4 Å². The summed E-state index contributed by atoms with van der Waals surface area (Å²) in [4.78, 5) is 28.7. The number of nitrogens with one attached hydrogen (secondary N) is 2. The Bertz CT molecular complexity index is 1470. The highest BCUT2D eigenvalue weighted by Crippen LogP contribution is 2.23. The Morgan fingerprint density at radius 3 is 2.61 bits per heavy atom. The number of carbonyl (C=O) groups is 2. The molecule has 0 saturated heterocycles. The lowest BCUT2D eigenvalue weighted by atomic mass is 10.2. The van der Waals surface area contributed by atoms with E-state index < -0.39 is 24.2 Å². The van der Waals surface area contributed by atoms with Crippen LogP contribution in [0.2, 0.25) is 0 Å². The molecule has 4 aromatic rings. The molecule has 2 amide bonds. The maximum atomic E-state index is 14.6. The summed E-state index contributed by atoms with van der Waals surface area (Å²) in [7, 11) is 0. The first-order valence-corrected chi connectivity index (χ1v) is 12.3. The number of anilines is 1. The fourth-order valence-corrected chi connectivity index (χ4v) is 3.62. The number of ether oxygens (including phenoxy) is 1. The SMILES string of the molecule is Cc1ccc(CC(=O)Nc2cn(CC(F)CCn3cc(C(=O)NCc4cccc(OC(F)(F)F)c4)nn3)nn2)cn1. The van der Waals surface area contributed by atoms with Gasteiger partial charge in [-0.2, -0.15) is 0 Å². The van der Waals surface area contributed by atoms with Gasteiger partial charge in [0.05, 0.1) is 25.4 Å². The molecule has 12 nitrogen and oxygen atoms in total. The van der Waals surface area contributed by atoms with E-state index in [1.54, 1.807) is 18.3 Å². The minimum atomic E-state index is -4.82. The summed E-state index contributed by atoms with van der Waals surface area (Å²) in [5.41, 5.74) is 1.92. The van der Waals surface area contributed by atoms with Crippen molar-refractivity contribution in [3.05, 3.63) is 77.5 Å². The summed E-state index contributed by atoms with van der Waals surface area (Å²) in [5, 5.41) is 20.4. The maximum Gasteiger partial charge on any atom is 0.573 e. The number of rotatable bonds is 12. The predicted octanol–water partition coefficient (Wildman–Crippen LogP) is 3.01. The normalized spacial score (nSPS) is 12.1. The second-order valence-corrected chi connectivity index (χ2v) is 8.99. The zero-order valence-corrected chi connectivity index (χ0v) is 21.7. The molecule has 1 aromatic carbocycles. The zero-order chi connectivity index (χ0) is 29.4. The van der Waals surface area contributed by atoms with Crippen molar-refractivity contribution in [3.8, 4) is 5.75 Å². The van der Waals surface area contributed by atoms with Gasteiger partial charge in [0, 0.05) is 31.4 Å². The van der Waals surface area contributed by atoms with Crippen molar-refractivity contribution in [1.82, 2.24) is 40.3 Å². The lowest BCUT2D eigenvalue weighted by molar-refractivity contribution is -0.274. The number of benzene rings is 1. The highest BCUT2D eigenvalue weighted by molar-refractivity contribution is 5.92. The molecule has 0 radical (unpaired) electrons. The van der Waals surface area contributed by atoms with Crippen LogP contribution in [0, 0.1) is 6.92 Å². The number of aromatic nitrogens is 7. The Morgan fingerprint density at radius 2 is 1.85 bits per heavy atom. The molecule has 3 aromatic heterocycles. The monoisotopic (exact) mass is 575 g/mol. The van der Waals surface area contributed by atoms with Crippen LogP contribution in [0.3, 0.4) is 0 Å². The zero-order valence-electron chi connectivity index (χ0n) is 21.7. The summed E-state index contributed by atoms with van der Waals surface area (Å²) in [6, 6.07) is 8.80. The van der Waals surface area contributed by atoms with Gasteiger partial charge in [-0.25, -0.2) is 9.07 Å². The standard InChI is InChI=1S/C25H25F4N9O3/c1-16-5-6-18(11-30-16)10-23(39)32-22-15-38(36-34-22)13-19(26)7-8-37-14-21(33-35-37)24(40)31-12-17-3-2-4-20(9-17)41-25(27,28)29/h2-6,9,11,14-15,19H,7-8,10,12-13H2,1H3,(H,31,40)(H,32,39). The number of carbonyl (C=O) groups excluding carboxylic acids is 2. The average Bonchev–Trinajstić information content (AvgIpc) is 3.56. The molecule has 1 atom stereocenters. The number of alkyl halides is 4. The highest BCUT2D eigenvalue weighted by atomic mass is 19.4. The van der Waals surface area contributed by atoms with E-state index in [1.165, 1.54) is 33.9 Å². The van der Waals surface area contributed by atoms with Crippen molar-refractivity contribution < 1.29 is 31.9 Å². The molecule has 4 rings (SSSR count). The van der Waals surface area contributed by atoms with Crippen molar-refractivity contribution in [2.24, 2.45) is 0 Å². The molecular formula is C25H25F4N9O3. The van der Waals surface area contributed by atoms with Gasteiger partial charge >= 0.3 is 6.36 Å². The van der Waals surface area contributed by atoms with E-state index in [2.05, 4.69) is 41.0 Å². The molecule has 16 heteroatoms. The molecule has 0 saturated carbocycles. The van der Waals surface area contributed by atoms with Crippen molar-refractivity contribution in [1.29, 1.82) is 0 Å². The Labute approximate surface area is 230 Å². The molecule has 216 valence electrons. The van der Waals surface area contributed by atoms with Crippen LogP contribution >= 0.6 is 0 Å². The van der Waals surface area contributed by atoms with E-state index in [9.17, 15) is 27.2 Å². The third kappa shape index (κ3) is 9.36. The van der Waals surface area contributed by atoms with Crippen molar-refractivity contribution >= 4 is 17.6 Å². The Hall–Kier alpha value is -4.89. The molecule has 41 heavy (non-hydrogen) atoms. The third-order valence-corrected chi connectivity index (χ3v) is 5.56. The van der Waals surface area contributed by atoms with Gasteiger partial charge in [-0.3, -0.25) is 19.3 Å². The van der Waals surface area contributed by atoms with Crippen LogP contribution in [-0.4, -0.2) is 59.3 Å². The van der Waals surface area contributed by atoms with Gasteiger partial charge in [-0.05, 0) is 36.2 Å². The van der Waals surface area contributed by atoms with Crippen LogP contribution in [0.25, 0.3) is 0 Å². The van der Waals surface area contributed by atoms with E-state index >= 15 is 0 Å². The molecule has 0 aliphatic rings. The van der Waals surface area contributed by atoms with Gasteiger partial charge in [-0.15, -0.1) is 23.4 Å². The summed E-state index contributed by atoms with van der Waals surface area (Å²) in [6.45, 7) is 1.76. The Balaban J connectivity index is 1.19. The van der Waals surface area contributed by atoms with Gasteiger partial charge in [0.25, 0.3) is 5.91 Å². The minimum Gasteiger partial charge on any atom is -0.406 e. The predicted molar refractivity (Wildman–Crippen MR) is 135 cm³/mol. The largest absolute Gasteiger partial charge is 0.573 e. The summed E-state index contributed by atoms with van der Waals surface area (Å²) in [5.74, 6) is -1.13. The lowest BCUT2D eigenvalue weighted by Crippen LogP contribution is -2.23. The summed E-state index contributed by atoms with van der Waals surface area (Å²) in [6.07, 6.45) is -1.67. The van der Waals surface area contributed by atoms with E-state index in [1.807, 2.05) is 6.92 Å². The number of amides is 2. The topological polar surface area (TPSA) is 142 Å². The third-order valence-electron chi connectivity index (χ3n) is 5.56. The van der Waals surface area contributed by atoms with Gasteiger partial charge in [0.15, 0.2) is 11.5 Å². The van der Waals surface area contributed by atoms with E-state index in [0.29, 0.717) is 5.56 Å². The second-order valence-electron chi connectivity index (χ2n) is 8.99. The molecular weight excluding hydrogens is 550 g/mol. The van der Waals surface area contributed by atoms with E-state index in [4.69, 9.17) is 0 Å². The fourth-order valence-electron chi connectivity index (χ4n) is 3.62. The first-order chi connectivity index (χ1) is 19.5. The van der Waals surface area contributed by atoms with E-state index in [-0.39, 0.29) is 49.9 Å². The Morgan fingerprint density at radius 1 is 1.05 bits per heavy atom. The lowest BCUT2D eigenvalue weighted by Gasteiger charge is -2.10. The minimum absolute atomic E-state index is 0.0262. The molecule has 0 aliphatic carbocycles. The highest BCUT2D eigenvalue weighted by Gasteiger charge is 2.31. The molecule has 0 fully saturated rings. The van der Waals surface area contributed by atoms with Crippen molar-refractivity contribution in [2.75, 3.05) is 5.32 Å². The van der Waals surface area contributed by atoms with Crippen molar-refractivity contribution in [3.63, 3.8) is 0 Å². The smallest absolute Gasteiger partial charge is 0.406 e. The van der Waals surface area contributed by atoms with Crippen LogP contribution in [-0.2, 0) is 30.8 Å². The number of hydrogen-bond donors (Lipinski definition) is 2. The van der Waals surface area contributed by atoms with Crippen LogP contribution in [0.5, 0.6) is 5.75 Å². The van der Waals surface area contributed by atoms with Crippen LogP contribution < -0.4 is 15.4 Å². The Kier molecular flexibility index (Phi) is 9.21. The van der Waals surface area contributed by atoms with Gasteiger partial charge < -0.3 is 15.4 Å². The van der Waals surface area contributed by atoms with E-state index in [0.717, 1.165) is 23.4 Å². The fraction of sp³-hybridized carbons (Fsp3) is 0.320. The van der Waals surface area contributed by atoms with Crippen molar-refractivity contribution in [2.45, 2.75) is 51.9 Å². The molecule has 0 bridgehead atoms. The number of nitrogens with zero attached hydrogens (tertiary/aromatic N) is 7. The van der Waals surface area contributed by atoms with Gasteiger partial charge in [0.1, 0.15) is 11.9 Å². The number of halogens is 4. The summed E-state index contributed by atoms with van der Waals surface area (Å²) >= 11 is 0. The molecule has 0 aliphatic heterocycles. The number of pyridine rings is 1. The molecule has 3 heterocycles. The van der Waals surface area contributed by atoms with Gasteiger partial charge in [-0.1, -0.05) is 28.6 Å². The first kappa shape index (κ1) is 29.1. The number of hydrogen-bond acceptors (Lipinski definition) is 8. The van der Waals surface area contributed by atoms with Crippen LogP contribution in [0.1, 0.15) is 33.7 Å². The quantitative estimate of drug-likeness (QED) is 0.246. The number of aryl methyl sites for hydroxylation is 2.